The summed E-state index contributed by atoms with van der Waals surface area (Å²) in [5.41, 5.74) is -0.00330. The first-order chi connectivity index (χ1) is 9.97. The number of benzene rings is 2. The van der Waals surface area contributed by atoms with Gasteiger partial charge in [0.25, 0.3) is 0 Å². The van der Waals surface area contributed by atoms with Crippen molar-refractivity contribution in [2.24, 2.45) is 0 Å². The normalized spacial score (nSPS) is 10.3. The molecule has 0 heterocycles. The molecule has 3 nitrogen and oxygen atoms in total. The van der Waals surface area contributed by atoms with E-state index in [9.17, 15) is 26.7 Å². The summed E-state index contributed by atoms with van der Waals surface area (Å²) < 4.78 is 70.6. The molecule has 0 aliphatic rings. The molecule has 0 spiro atoms. The van der Waals surface area contributed by atoms with Gasteiger partial charge < -0.3 is 10.1 Å². The van der Waals surface area contributed by atoms with Gasteiger partial charge in [0, 0.05) is 0 Å². The van der Waals surface area contributed by atoms with Crippen molar-refractivity contribution in [1.82, 2.24) is 0 Å². The van der Waals surface area contributed by atoms with Crippen molar-refractivity contribution in [3.63, 3.8) is 0 Å². The Kier molecular flexibility index (Phi) is 4.06. The predicted octanol–water partition coefficient (Wildman–Crippen LogP) is 3.74. The fourth-order valence-electron chi connectivity index (χ4n) is 1.52. The van der Waals surface area contributed by atoms with E-state index in [0.717, 1.165) is 0 Å². The molecular formula is C13H6F5NO2. The number of halogens is 5. The van der Waals surface area contributed by atoms with Crippen LogP contribution in [0.1, 0.15) is 0 Å². The van der Waals surface area contributed by atoms with Crippen molar-refractivity contribution in [2.45, 2.75) is 0 Å². The zero-order chi connectivity index (χ0) is 15.6. The summed E-state index contributed by atoms with van der Waals surface area (Å²) in [6.07, 6.45) is 0.265. The molecule has 21 heavy (non-hydrogen) atoms. The number of hydrogen-bond donors (Lipinski definition) is 1. The molecule has 0 saturated carbocycles. The van der Waals surface area contributed by atoms with Crippen LogP contribution in [-0.4, -0.2) is 6.41 Å². The van der Waals surface area contributed by atoms with Crippen LogP contribution in [0.3, 0.4) is 0 Å². The molecule has 1 N–H and O–H groups in total. The van der Waals surface area contributed by atoms with Gasteiger partial charge >= 0.3 is 0 Å². The maximum Gasteiger partial charge on any atom is 0.211 e. The van der Waals surface area contributed by atoms with Gasteiger partial charge in [0.15, 0.2) is 5.75 Å². The number of nitrogens with one attached hydrogen (secondary N) is 1. The maximum absolute atomic E-state index is 13.5. The number of hydrogen-bond acceptors (Lipinski definition) is 2. The van der Waals surface area contributed by atoms with Gasteiger partial charge in [-0.3, -0.25) is 4.79 Å². The van der Waals surface area contributed by atoms with Gasteiger partial charge in [-0.15, -0.1) is 0 Å². The van der Waals surface area contributed by atoms with Crippen molar-refractivity contribution in [2.75, 3.05) is 5.32 Å². The zero-order valence-corrected chi connectivity index (χ0v) is 10.1. The third kappa shape index (κ3) is 2.64. The van der Waals surface area contributed by atoms with Crippen LogP contribution in [0, 0.1) is 29.1 Å². The van der Waals surface area contributed by atoms with E-state index in [1.165, 1.54) is 24.3 Å². The summed E-state index contributed by atoms with van der Waals surface area (Å²) >= 11 is 0. The smallest absolute Gasteiger partial charge is 0.211 e. The van der Waals surface area contributed by atoms with Gasteiger partial charge in [0.05, 0.1) is 5.69 Å². The van der Waals surface area contributed by atoms with Gasteiger partial charge in [0.1, 0.15) is 0 Å². The van der Waals surface area contributed by atoms with E-state index in [1.807, 2.05) is 0 Å². The first-order valence-corrected chi connectivity index (χ1v) is 5.45. The molecular weight excluding hydrogens is 297 g/mol. The van der Waals surface area contributed by atoms with Crippen LogP contribution in [0.4, 0.5) is 27.6 Å². The van der Waals surface area contributed by atoms with E-state index in [0.29, 0.717) is 0 Å². The second-order valence-corrected chi connectivity index (χ2v) is 3.76. The largest absolute Gasteiger partial charge is 0.449 e. The molecule has 0 saturated heterocycles. The third-order valence-electron chi connectivity index (χ3n) is 2.48. The van der Waals surface area contributed by atoms with E-state index < -0.39 is 34.8 Å². The molecule has 0 radical (unpaired) electrons. The fourth-order valence-corrected chi connectivity index (χ4v) is 1.52. The lowest BCUT2D eigenvalue weighted by Crippen LogP contribution is -2.05. The Morgan fingerprint density at radius 1 is 0.857 bits per heavy atom. The molecule has 8 heteroatoms. The monoisotopic (exact) mass is 303 g/mol. The second kappa shape index (κ2) is 5.78. The van der Waals surface area contributed by atoms with Gasteiger partial charge in [-0.05, 0) is 12.1 Å². The van der Waals surface area contributed by atoms with Crippen molar-refractivity contribution < 1.29 is 31.5 Å². The minimum atomic E-state index is -2.28. The van der Waals surface area contributed by atoms with Crippen LogP contribution in [0.5, 0.6) is 11.5 Å². The highest BCUT2D eigenvalue weighted by molar-refractivity contribution is 5.75. The van der Waals surface area contributed by atoms with Crippen molar-refractivity contribution >= 4 is 12.1 Å². The lowest BCUT2D eigenvalue weighted by atomic mass is 10.2. The average molecular weight is 303 g/mol. The van der Waals surface area contributed by atoms with Crippen LogP contribution in [0.2, 0.25) is 0 Å². The van der Waals surface area contributed by atoms with E-state index in [4.69, 9.17) is 4.74 Å². The number of carbonyl (C=O) groups excluding carboxylic acids is 1. The van der Waals surface area contributed by atoms with Gasteiger partial charge in [0.2, 0.25) is 41.2 Å². The number of para-hydroxylation sites is 2. The highest BCUT2D eigenvalue weighted by Crippen LogP contribution is 2.35. The molecule has 0 aliphatic carbocycles. The molecule has 0 atom stereocenters. The van der Waals surface area contributed by atoms with Crippen molar-refractivity contribution in [3.8, 4) is 11.5 Å². The van der Waals surface area contributed by atoms with E-state index in [2.05, 4.69) is 5.32 Å². The van der Waals surface area contributed by atoms with Crippen LogP contribution in [0.15, 0.2) is 24.3 Å². The van der Waals surface area contributed by atoms with Gasteiger partial charge in [-0.1, -0.05) is 12.1 Å². The van der Waals surface area contributed by atoms with E-state index in [-0.39, 0.29) is 17.8 Å². The molecule has 2 rings (SSSR count). The van der Waals surface area contributed by atoms with Crippen LogP contribution < -0.4 is 10.1 Å². The average Bonchev–Trinajstić information content (AvgIpc) is 2.49. The van der Waals surface area contributed by atoms with Crippen LogP contribution in [0.25, 0.3) is 0 Å². The summed E-state index contributed by atoms with van der Waals surface area (Å²) in [6.45, 7) is 0. The summed E-state index contributed by atoms with van der Waals surface area (Å²) in [5.74, 6) is -12.5. The standard InChI is InChI=1S/C13H6F5NO2/c14-8-9(15)11(17)13(12(18)10(8)16)21-7-4-2-1-3-6(7)19-5-20/h1-5H,(H,19,20). The quantitative estimate of drug-likeness (QED) is 0.404. The molecule has 0 unspecified atom stereocenters. The lowest BCUT2D eigenvalue weighted by molar-refractivity contribution is -0.105. The van der Waals surface area contributed by atoms with Crippen molar-refractivity contribution in [3.05, 3.63) is 53.4 Å². The first-order valence-electron chi connectivity index (χ1n) is 5.45. The molecule has 2 aromatic rings. The van der Waals surface area contributed by atoms with E-state index in [1.54, 1.807) is 0 Å². The SMILES string of the molecule is O=CNc1ccccc1Oc1c(F)c(F)c(F)c(F)c1F. The molecule has 0 aliphatic heterocycles. The molecule has 0 fully saturated rings. The Balaban J connectivity index is 2.53. The van der Waals surface area contributed by atoms with Crippen LogP contribution in [-0.2, 0) is 4.79 Å². The Morgan fingerprint density at radius 3 is 1.95 bits per heavy atom. The van der Waals surface area contributed by atoms with Crippen LogP contribution >= 0.6 is 0 Å². The van der Waals surface area contributed by atoms with Gasteiger partial charge in [-0.2, -0.15) is 8.78 Å². The summed E-state index contributed by atoms with van der Waals surface area (Å²) in [5, 5.41) is 2.16. The molecule has 110 valence electrons. The Bertz CT molecular complexity index is 676. The van der Waals surface area contributed by atoms with Gasteiger partial charge in [-0.25, -0.2) is 13.2 Å². The minimum absolute atomic E-state index is 0.00330. The number of carbonyl (C=O) groups is 1. The number of ether oxygens (including phenoxy) is 1. The number of anilines is 1. The summed E-state index contributed by atoms with van der Waals surface area (Å²) in [4.78, 5) is 10.4. The second-order valence-electron chi connectivity index (χ2n) is 3.76. The number of rotatable bonds is 4. The van der Waals surface area contributed by atoms with Crippen molar-refractivity contribution in [1.29, 1.82) is 0 Å². The molecule has 2 aromatic carbocycles. The third-order valence-corrected chi connectivity index (χ3v) is 2.48. The Hall–Kier alpha value is -2.64. The maximum atomic E-state index is 13.5. The molecule has 0 aromatic heterocycles. The molecule has 1 amide bonds. The minimum Gasteiger partial charge on any atom is -0.449 e. The molecule has 0 bridgehead atoms. The Labute approximate surface area is 115 Å². The first kappa shape index (κ1) is 14.8. The summed E-state index contributed by atoms with van der Waals surface area (Å²) in [7, 11) is 0. The highest BCUT2D eigenvalue weighted by atomic mass is 19.2. The predicted molar refractivity (Wildman–Crippen MR) is 62.4 cm³/mol. The Morgan fingerprint density at radius 2 is 1.38 bits per heavy atom. The topological polar surface area (TPSA) is 38.3 Å². The highest BCUT2D eigenvalue weighted by Gasteiger charge is 2.27. The fraction of sp³-hybridized carbons (Fsp3) is 0. The zero-order valence-electron chi connectivity index (χ0n) is 10.1. The number of amides is 1. The lowest BCUT2D eigenvalue weighted by Gasteiger charge is -2.12. The summed E-state index contributed by atoms with van der Waals surface area (Å²) in [6, 6.07) is 5.36. The van der Waals surface area contributed by atoms with E-state index >= 15 is 0 Å².